The van der Waals surface area contributed by atoms with Gasteiger partial charge in [0.05, 0.1) is 11.4 Å². The van der Waals surface area contributed by atoms with Crippen LogP contribution < -0.4 is 5.32 Å². The van der Waals surface area contributed by atoms with Crippen molar-refractivity contribution in [2.24, 2.45) is 0 Å². The van der Waals surface area contributed by atoms with Crippen LogP contribution in [0.2, 0.25) is 0 Å². The average Bonchev–Trinajstić information content (AvgIpc) is 3.19. The number of nitrogens with zero attached hydrogens (tertiary/aromatic N) is 3. The molecule has 7 heteroatoms. The van der Waals surface area contributed by atoms with E-state index in [1.807, 2.05) is 61.0 Å². The predicted molar refractivity (Wildman–Crippen MR) is 103 cm³/mol. The van der Waals surface area contributed by atoms with E-state index in [9.17, 15) is 4.79 Å². The maximum Gasteiger partial charge on any atom is 0.276 e. The second-order valence-corrected chi connectivity index (χ2v) is 7.25. The first kappa shape index (κ1) is 16.0. The van der Waals surface area contributed by atoms with Gasteiger partial charge in [-0.2, -0.15) is 0 Å². The molecule has 0 spiro atoms. The van der Waals surface area contributed by atoms with Gasteiger partial charge in [-0.05, 0) is 35.0 Å². The summed E-state index contributed by atoms with van der Waals surface area (Å²) in [6.07, 6.45) is 1.83. The first-order chi connectivity index (χ1) is 12.1. The zero-order valence-electron chi connectivity index (χ0n) is 13.2. The molecule has 124 valence electrons. The molecule has 0 saturated heterocycles. The third kappa shape index (κ3) is 3.08. The minimum atomic E-state index is -0.225. The topological polar surface area (TPSA) is 59.3 Å². The number of hydrogen-bond acceptors (Lipinski definition) is 4. The van der Waals surface area contributed by atoms with Gasteiger partial charge in [-0.3, -0.25) is 14.5 Å². The molecule has 1 aromatic carbocycles. The van der Waals surface area contributed by atoms with E-state index < -0.39 is 0 Å². The van der Waals surface area contributed by atoms with E-state index in [0.29, 0.717) is 16.5 Å². The molecule has 0 radical (unpaired) electrons. The Bertz CT molecular complexity index is 1070. The van der Waals surface area contributed by atoms with E-state index in [2.05, 4.69) is 31.2 Å². The van der Waals surface area contributed by atoms with Crippen LogP contribution in [0, 0.1) is 6.92 Å². The van der Waals surface area contributed by atoms with Gasteiger partial charge >= 0.3 is 0 Å². The van der Waals surface area contributed by atoms with Crippen molar-refractivity contribution in [3.63, 3.8) is 0 Å². The van der Waals surface area contributed by atoms with Crippen LogP contribution >= 0.6 is 27.3 Å². The molecule has 0 aliphatic carbocycles. The number of amides is 1. The quantitative estimate of drug-likeness (QED) is 0.526. The molecule has 0 unspecified atom stereocenters. The number of anilines is 1. The van der Waals surface area contributed by atoms with E-state index in [0.717, 1.165) is 21.4 Å². The van der Waals surface area contributed by atoms with Gasteiger partial charge in [0.2, 0.25) is 0 Å². The van der Waals surface area contributed by atoms with Crippen molar-refractivity contribution in [3.05, 3.63) is 69.9 Å². The zero-order valence-corrected chi connectivity index (χ0v) is 15.6. The number of hydrogen-bond donors (Lipinski definition) is 1. The first-order valence-corrected chi connectivity index (χ1v) is 9.25. The number of pyridine rings is 1. The summed E-state index contributed by atoms with van der Waals surface area (Å²) < 4.78 is 2.66. The Balaban J connectivity index is 1.64. The van der Waals surface area contributed by atoms with Crippen molar-refractivity contribution in [3.8, 4) is 11.3 Å². The van der Waals surface area contributed by atoms with Crippen molar-refractivity contribution in [2.75, 3.05) is 5.32 Å². The highest BCUT2D eigenvalue weighted by atomic mass is 79.9. The second kappa shape index (κ2) is 6.42. The molecular formula is C18H13BrN4OS. The monoisotopic (exact) mass is 412 g/mol. The van der Waals surface area contributed by atoms with Crippen molar-refractivity contribution >= 4 is 44.0 Å². The Morgan fingerprint density at radius 3 is 2.76 bits per heavy atom. The van der Waals surface area contributed by atoms with Gasteiger partial charge in [-0.25, -0.2) is 9.97 Å². The fourth-order valence-electron chi connectivity index (χ4n) is 2.64. The number of aromatic nitrogens is 3. The van der Waals surface area contributed by atoms with Crippen LogP contribution in [0.3, 0.4) is 0 Å². The van der Waals surface area contributed by atoms with E-state index in [1.165, 1.54) is 11.3 Å². The van der Waals surface area contributed by atoms with Crippen molar-refractivity contribution < 1.29 is 4.79 Å². The van der Waals surface area contributed by atoms with E-state index in [-0.39, 0.29) is 5.91 Å². The highest BCUT2D eigenvalue weighted by Crippen LogP contribution is 2.25. The molecule has 3 aromatic heterocycles. The van der Waals surface area contributed by atoms with E-state index in [1.54, 1.807) is 4.40 Å². The minimum absolute atomic E-state index is 0.225. The Kier molecular flexibility index (Phi) is 4.10. The van der Waals surface area contributed by atoms with E-state index >= 15 is 0 Å². The molecule has 5 nitrogen and oxygen atoms in total. The number of rotatable bonds is 3. The number of fused-ring (bicyclic) bond motifs is 1. The van der Waals surface area contributed by atoms with Crippen LogP contribution in [-0.4, -0.2) is 20.3 Å². The van der Waals surface area contributed by atoms with Crippen molar-refractivity contribution in [2.45, 2.75) is 6.92 Å². The van der Waals surface area contributed by atoms with Crippen LogP contribution in [0.25, 0.3) is 16.9 Å². The summed E-state index contributed by atoms with van der Waals surface area (Å²) in [6, 6.07) is 13.6. The van der Waals surface area contributed by atoms with Gasteiger partial charge in [0.15, 0.2) is 5.13 Å². The molecule has 0 aliphatic heterocycles. The smallest absolute Gasteiger partial charge is 0.276 e. The van der Waals surface area contributed by atoms with Crippen molar-refractivity contribution in [1.82, 2.24) is 14.4 Å². The number of halogens is 1. The lowest BCUT2D eigenvalue weighted by atomic mass is 10.2. The molecule has 0 bridgehead atoms. The third-order valence-corrected chi connectivity index (χ3v) is 4.99. The maximum atomic E-state index is 12.7. The predicted octanol–water partition coefficient (Wildman–Crippen LogP) is 4.78. The summed E-state index contributed by atoms with van der Waals surface area (Å²) in [5.74, 6) is -0.225. The molecule has 0 saturated carbocycles. The van der Waals surface area contributed by atoms with Gasteiger partial charge in [0.1, 0.15) is 11.3 Å². The van der Waals surface area contributed by atoms with Crippen LogP contribution in [0.4, 0.5) is 5.13 Å². The Morgan fingerprint density at radius 2 is 1.96 bits per heavy atom. The maximum absolute atomic E-state index is 12.7. The molecule has 0 aliphatic rings. The van der Waals surface area contributed by atoms with Gasteiger partial charge in [0, 0.05) is 21.6 Å². The molecule has 0 atom stereocenters. The number of carbonyl (C=O) groups excluding carboxylic acids is 1. The summed E-state index contributed by atoms with van der Waals surface area (Å²) in [5.41, 5.74) is 3.78. The standard InChI is InChI=1S/C18H13BrN4OS/c1-11-16(23-9-13(19)7-8-15(23)20-11)17(24)22-18-21-14(10-25-18)12-5-3-2-4-6-12/h2-10H,1H3,(H,21,22,24). The summed E-state index contributed by atoms with van der Waals surface area (Å²) in [5, 5.41) is 5.38. The fourth-order valence-corrected chi connectivity index (χ4v) is 3.69. The van der Waals surface area contributed by atoms with Crippen LogP contribution in [-0.2, 0) is 0 Å². The van der Waals surface area contributed by atoms with Gasteiger partial charge < -0.3 is 0 Å². The number of carbonyl (C=O) groups is 1. The Morgan fingerprint density at radius 1 is 1.16 bits per heavy atom. The highest BCUT2D eigenvalue weighted by Gasteiger charge is 2.18. The minimum Gasteiger partial charge on any atom is -0.296 e. The lowest BCUT2D eigenvalue weighted by molar-refractivity contribution is 0.102. The molecule has 25 heavy (non-hydrogen) atoms. The first-order valence-electron chi connectivity index (χ1n) is 7.58. The molecule has 1 N–H and O–H groups in total. The largest absolute Gasteiger partial charge is 0.296 e. The summed E-state index contributed by atoms with van der Waals surface area (Å²) in [7, 11) is 0. The molecule has 0 fully saturated rings. The number of aryl methyl sites for hydroxylation is 1. The zero-order chi connectivity index (χ0) is 17.4. The second-order valence-electron chi connectivity index (χ2n) is 5.48. The Labute approximate surface area is 156 Å². The van der Waals surface area contributed by atoms with Gasteiger partial charge in [-0.15, -0.1) is 11.3 Å². The van der Waals surface area contributed by atoms with Crippen LogP contribution in [0.5, 0.6) is 0 Å². The summed E-state index contributed by atoms with van der Waals surface area (Å²) in [4.78, 5) is 21.7. The third-order valence-electron chi connectivity index (χ3n) is 3.77. The lowest BCUT2D eigenvalue weighted by Gasteiger charge is -2.03. The molecular weight excluding hydrogens is 400 g/mol. The van der Waals surface area contributed by atoms with E-state index in [4.69, 9.17) is 0 Å². The normalized spacial score (nSPS) is 11.0. The molecule has 4 rings (SSSR count). The Hall–Kier alpha value is -2.51. The van der Waals surface area contributed by atoms with Crippen LogP contribution in [0.1, 0.15) is 16.2 Å². The average molecular weight is 413 g/mol. The highest BCUT2D eigenvalue weighted by molar-refractivity contribution is 9.10. The van der Waals surface area contributed by atoms with Crippen LogP contribution in [0.15, 0.2) is 58.5 Å². The summed E-state index contributed by atoms with van der Waals surface area (Å²) >= 11 is 4.83. The van der Waals surface area contributed by atoms with Gasteiger partial charge in [0.25, 0.3) is 5.91 Å². The SMILES string of the molecule is Cc1nc2ccc(Br)cn2c1C(=O)Nc1nc(-c2ccccc2)cs1. The number of benzene rings is 1. The fraction of sp³-hybridized carbons (Fsp3) is 0.0556. The van der Waals surface area contributed by atoms with Crippen molar-refractivity contribution in [1.29, 1.82) is 0 Å². The molecule has 4 aromatic rings. The number of thiazole rings is 1. The molecule has 1 amide bonds. The summed E-state index contributed by atoms with van der Waals surface area (Å²) in [6.45, 7) is 1.83. The van der Waals surface area contributed by atoms with Gasteiger partial charge in [-0.1, -0.05) is 30.3 Å². The number of imidazole rings is 1. The number of nitrogens with one attached hydrogen (secondary N) is 1. The lowest BCUT2D eigenvalue weighted by Crippen LogP contribution is -2.15. The molecule has 3 heterocycles.